The second-order valence-electron chi connectivity index (χ2n) is 3.77. The van der Waals surface area contributed by atoms with Crippen LogP contribution in [0, 0.1) is 11.3 Å². The van der Waals surface area contributed by atoms with Crippen LogP contribution in [-0.4, -0.2) is 20.3 Å². The molecule has 1 aromatic heterocycles. The molecule has 4 nitrogen and oxygen atoms in total. The molecule has 0 aliphatic heterocycles. The van der Waals surface area contributed by atoms with Gasteiger partial charge < -0.3 is 14.5 Å². The Balaban J connectivity index is 2.21. The van der Waals surface area contributed by atoms with E-state index in [0.29, 0.717) is 18.7 Å². The number of methoxy groups -OCH3 is 1. The molecule has 0 saturated carbocycles. The van der Waals surface area contributed by atoms with Crippen molar-refractivity contribution in [3.05, 3.63) is 42.2 Å². The van der Waals surface area contributed by atoms with Gasteiger partial charge in [0.05, 0.1) is 24.1 Å². The first-order valence-electron chi connectivity index (χ1n) is 5.66. The van der Waals surface area contributed by atoms with Crippen molar-refractivity contribution >= 4 is 5.69 Å². The molecule has 0 spiro atoms. The molecule has 1 heterocycles. The summed E-state index contributed by atoms with van der Waals surface area (Å²) in [5, 5.41) is 12.3. The molecule has 0 radical (unpaired) electrons. The average Bonchev–Trinajstić information content (AvgIpc) is 2.93. The van der Waals surface area contributed by atoms with Gasteiger partial charge in [-0.15, -0.1) is 0 Å². The SMILES string of the molecule is COCCNc1ccc(-c2ccco2)cc1C#N. The van der Waals surface area contributed by atoms with Gasteiger partial charge in [0.25, 0.3) is 0 Å². The van der Waals surface area contributed by atoms with Crippen LogP contribution in [0.5, 0.6) is 0 Å². The fraction of sp³-hybridized carbons (Fsp3) is 0.214. The summed E-state index contributed by atoms with van der Waals surface area (Å²) < 4.78 is 10.3. The van der Waals surface area contributed by atoms with E-state index in [9.17, 15) is 0 Å². The summed E-state index contributed by atoms with van der Waals surface area (Å²) in [6.07, 6.45) is 1.62. The van der Waals surface area contributed by atoms with Gasteiger partial charge >= 0.3 is 0 Å². The van der Waals surface area contributed by atoms with Gasteiger partial charge in [0.1, 0.15) is 11.8 Å². The lowest BCUT2D eigenvalue weighted by Crippen LogP contribution is -2.08. The van der Waals surface area contributed by atoms with Crippen LogP contribution in [0.4, 0.5) is 5.69 Å². The van der Waals surface area contributed by atoms with Crippen molar-refractivity contribution in [1.82, 2.24) is 0 Å². The Kier molecular flexibility index (Phi) is 4.00. The number of nitriles is 1. The normalized spacial score (nSPS) is 10.0. The van der Waals surface area contributed by atoms with E-state index in [2.05, 4.69) is 11.4 Å². The Morgan fingerprint density at radius 1 is 1.39 bits per heavy atom. The van der Waals surface area contributed by atoms with Crippen molar-refractivity contribution in [3.63, 3.8) is 0 Å². The third-order valence-corrected chi connectivity index (χ3v) is 2.57. The molecule has 4 heteroatoms. The van der Waals surface area contributed by atoms with E-state index >= 15 is 0 Å². The second-order valence-corrected chi connectivity index (χ2v) is 3.77. The summed E-state index contributed by atoms with van der Waals surface area (Å²) in [6, 6.07) is 11.5. The van der Waals surface area contributed by atoms with Crippen LogP contribution in [0.1, 0.15) is 5.56 Å². The summed E-state index contributed by atoms with van der Waals surface area (Å²) >= 11 is 0. The molecule has 0 aliphatic carbocycles. The minimum Gasteiger partial charge on any atom is -0.464 e. The van der Waals surface area contributed by atoms with Crippen molar-refractivity contribution in [2.75, 3.05) is 25.6 Å². The molecular weight excluding hydrogens is 228 g/mol. The molecule has 0 fully saturated rings. The average molecular weight is 242 g/mol. The quantitative estimate of drug-likeness (QED) is 0.819. The fourth-order valence-electron chi connectivity index (χ4n) is 1.67. The summed E-state index contributed by atoms with van der Waals surface area (Å²) in [6.45, 7) is 1.27. The lowest BCUT2D eigenvalue weighted by molar-refractivity contribution is 0.211. The van der Waals surface area contributed by atoms with Crippen molar-refractivity contribution < 1.29 is 9.15 Å². The van der Waals surface area contributed by atoms with Crippen molar-refractivity contribution in [2.45, 2.75) is 0 Å². The lowest BCUT2D eigenvalue weighted by Gasteiger charge is -2.08. The van der Waals surface area contributed by atoms with E-state index in [1.165, 1.54) is 0 Å². The predicted octanol–water partition coefficient (Wildman–Crippen LogP) is 2.88. The summed E-state index contributed by atoms with van der Waals surface area (Å²) in [5.74, 6) is 0.759. The summed E-state index contributed by atoms with van der Waals surface area (Å²) in [7, 11) is 1.65. The topological polar surface area (TPSA) is 58.2 Å². The predicted molar refractivity (Wildman–Crippen MR) is 69.2 cm³/mol. The molecule has 0 atom stereocenters. The zero-order chi connectivity index (χ0) is 12.8. The van der Waals surface area contributed by atoms with Crippen LogP contribution >= 0.6 is 0 Å². The molecule has 0 amide bonds. The molecule has 2 rings (SSSR count). The van der Waals surface area contributed by atoms with E-state index in [0.717, 1.165) is 17.0 Å². The van der Waals surface area contributed by atoms with E-state index in [4.69, 9.17) is 14.4 Å². The number of anilines is 1. The van der Waals surface area contributed by atoms with Crippen molar-refractivity contribution in [2.24, 2.45) is 0 Å². The third kappa shape index (κ3) is 2.70. The molecule has 0 aliphatic rings. The van der Waals surface area contributed by atoms with Crippen molar-refractivity contribution in [1.29, 1.82) is 5.26 Å². The van der Waals surface area contributed by atoms with Crippen LogP contribution in [0.15, 0.2) is 41.0 Å². The number of hydrogen-bond acceptors (Lipinski definition) is 4. The van der Waals surface area contributed by atoms with Gasteiger partial charge in [-0.1, -0.05) is 0 Å². The molecule has 0 bridgehead atoms. The van der Waals surface area contributed by atoms with Gasteiger partial charge in [0.2, 0.25) is 0 Å². The van der Waals surface area contributed by atoms with Gasteiger partial charge in [-0.2, -0.15) is 5.26 Å². The standard InChI is InChI=1S/C14H14N2O2/c1-17-8-6-16-13-5-4-11(9-12(13)10-15)14-3-2-7-18-14/h2-5,7,9,16H,6,8H2,1H3. The maximum Gasteiger partial charge on any atom is 0.133 e. The minimum absolute atomic E-state index is 0.597. The number of nitrogens with one attached hydrogen (secondary N) is 1. The summed E-state index contributed by atoms with van der Waals surface area (Å²) in [5.41, 5.74) is 2.30. The smallest absolute Gasteiger partial charge is 0.133 e. The third-order valence-electron chi connectivity index (χ3n) is 2.57. The summed E-state index contributed by atoms with van der Waals surface area (Å²) in [4.78, 5) is 0. The number of furan rings is 1. The van der Waals surface area contributed by atoms with Gasteiger partial charge in [0, 0.05) is 19.2 Å². The van der Waals surface area contributed by atoms with Crippen LogP contribution in [0.25, 0.3) is 11.3 Å². The maximum absolute atomic E-state index is 9.15. The zero-order valence-corrected chi connectivity index (χ0v) is 10.1. The molecule has 2 aromatic rings. The Hall–Kier alpha value is -2.25. The molecule has 1 aromatic carbocycles. The van der Waals surface area contributed by atoms with Gasteiger partial charge in [-0.25, -0.2) is 0 Å². The first kappa shape index (κ1) is 12.2. The molecular formula is C14H14N2O2. The number of hydrogen-bond donors (Lipinski definition) is 1. The molecule has 92 valence electrons. The highest BCUT2D eigenvalue weighted by atomic mass is 16.5. The zero-order valence-electron chi connectivity index (χ0n) is 10.1. The van der Waals surface area contributed by atoms with Crippen LogP contribution in [-0.2, 0) is 4.74 Å². The Labute approximate surface area is 106 Å². The highest BCUT2D eigenvalue weighted by molar-refractivity contribution is 5.68. The monoisotopic (exact) mass is 242 g/mol. The maximum atomic E-state index is 9.15. The number of benzene rings is 1. The highest BCUT2D eigenvalue weighted by Gasteiger charge is 2.06. The van der Waals surface area contributed by atoms with Gasteiger partial charge in [0.15, 0.2) is 0 Å². The van der Waals surface area contributed by atoms with Crippen LogP contribution in [0.2, 0.25) is 0 Å². The van der Waals surface area contributed by atoms with Crippen LogP contribution < -0.4 is 5.32 Å². The van der Waals surface area contributed by atoms with Gasteiger partial charge in [-0.05, 0) is 30.3 Å². The van der Waals surface area contributed by atoms with E-state index in [1.807, 2.05) is 30.3 Å². The van der Waals surface area contributed by atoms with E-state index in [-0.39, 0.29) is 0 Å². The molecule has 0 unspecified atom stereocenters. The fourth-order valence-corrected chi connectivity index (χ4v) is 1.67. The molecule has 0 saturated heterocycles. The number of rotatable bonds is 5. The lowest BCUT2D eigenvalue weighted by atomic mass is 10.1. The molecule has 18 heavy (non-hydrogen) atoms. The highest BCUT2D eigenvalue weighted by Crippen LogP contribution is 2.25. The van der Waals surface area contributed by atoms with Crippen LogP contribution in [0.3, 0.4) is 0 Å². The number of ether oxygens (including phenoxy) is 1. The molecule has 1 N–H and O–H groups in total. The van der Waals surface area contributed by atoms with Gasteiger partial charge in [-0.3, -0.25) is 0 Å². The van der Waals surface area contributed by atoms with Crippen molar-refractivity contribution in [3.8, 4) is 17.4 Å². The second kappa shape index (κ2) is 5.89. The number of nitrogens with zero attached hydrogens (tertiary/aromatic N) is 1. The first-order valence-corrected chi connectivity index (χ1v) is 5.66. The Morgan fingerprint density at radius 3 is 2.94 bits per heavy atom. The first-order chi connectivity index (χ1) is 8.85. The van der Waals surface area contributed by atoms with E-state index < -0.39 is 0 Å². The van der Waals surface area contributed by atoms with E-state index in [1.54, 1.807) is 13.4 Å². The Bertz CT molecular complexity index is 541. The largest absolute Gasteiger partial charge is 0.464 e. The minimum atomic E-state index is 0.597. The Morgan fingerprint density at radius 2 is 2.28 bits per heavy atom.